The first kappa shape index (κ1) is 18.9. The molecule has 0 aliphatic heterocycles. The number of nitrogens with one attached hydrogen (secondary N) is 3. The molecule has 26 heavy (non-hydrogen) atoms. The zero-order chi connectivity index (χ0) is 18.8. The van der Waals surface area contributed by atoms with Gasteiger partial charge in [0, 0.05) is 18.3 Å². The van der Waals surface area contributed by atoms with Crippen molar-refractivity contribution < 1.29 is 14.3 Å². The average Bonchev–Trinajstić information content (AvgIpc) is 2.67. The monoisotopic (exact) mass is 351 g/mol. The van der Waals surface area contributed by atoms with E-state index in [1.165, 1.54) is 0 Å². The van der Waals surface area contributed by atoms with Gasteiger partial charge in [0.2, 0.25) is 0 Å². The summed E-state index contributed by atoms with van der Waals surface area (Å²) in [5, 5.41) is 7.93. The number of hydrogen-bond donors (Lipinski definition) is 3. The minimum Gasteiger partial charge on any atom is -0.494 e. The van der Waals surface area contributed by atoms with E-state index in [2.05, 4.69) is 27.8 Å². The Hall–Kier alpha value is -3.46. The highest BCUT2D eigenvalue weighted by molar-refractivity contribution is 5.96. The van der Waals surface area contributed by atoms with Crippen molar-refractivity contribution in [2.75, 3.05) is 25.5 Å². The lowest BCUT2D eigenvalue weighted by molar-refractivity contribution is 0.0963. The van der Waals surface area contributed by atoms with E-state index in [0.717, 1.165) is 5.75 Å². The number of anilines is 1. The van der Waals surface area contributed by atoms with Crippen molar-refractivity contribution in [3.05, 3.63) is 59.7 Å². The largest absolute Gasteiger partial charge is 0.494 e. The Morgan fingerprint density at radius 2 is 1.81 bits per heavy atom. The predicted octanol–water partition coefficient (Wildman–Crippen LogP) is 2.62. The van der Waals surface area contributed by atoms with Gasteiger partial charge in [-0.1, -0.05) is 24.0 Å². The maximum atomic E-state index is 11.9. The van der Waals surface area contributed by atoms with Crippen LogP contribution < -0.4 is 20.7 Å². The van der Waals surface area contributed by atoms with Crippen molar-refractivity contribution in [3.8, 4) is 17.6 Å². The Balaban J connectivity index is 1.88. The van der Waals surface area contributed by atoms with Crippen LogP contribution in [0.3, 0.4) is 0 Å². The number of urea groups is 1. The molecule has 6 heteroatoms. The van der Waals surface area contributed by atoms with E-state index >= 15 is 0 Å². The second-order valence-corrected chi connectivity index (χ2v) is 5.19. The molecule has 3 amide bonds. The molecule has 0 aliphatic rings. The summed E-state index contributed by atoms with van der Waals surface area (Å²) >= 11 is 0. The van der Waals surface area contributed by atoms with Gasteiger partial charge in [-0.05, 0) is 43.3 Å². The van der Waals surface area contributed by atoms with Crippen LogP contribution in [0.4, 0.5) is 10.5 Å². The molecule has 0 spiro atoms. The highest BCUT2D eigenvalue weighted by atomic mass is 16.5. The zero-order valence-corrected chi connectivity index (χ0v) is 14.8. The third-order valence-electron chi connectivity index (χ3n) is 3.38. The third kappa shape index (κ3) is 5.56. The van der Waals surface area contributed by atoms with Crippen LogP contribution in [0.2, 0.25) is 0 Å². The van der Waals surface area contributed by atoms with Gasteiger partial charge in [0.1, 0.15) is 5.75 Å². The highest BCUT2D eigenvalue weighted by Crippen LogP contribution is 2.15. The molecule has 2 aromatic rings. The summed E-state index contributed by atoms with van der Waals surface area (Å²) in [6.45, 7) is 2.66. The zero-order valence-electron chi connectivity index (χ0n) is 14.8. The summed E-state index contributed by atoms with van der Waals surface area (Å²) in [4.78, 5) is 23.6. The third-order valence-corrected chi connectivity index (χ3v) is 3.38. The molecule has 2 aromatic carbocycles. The van der Waals surface area contributed by atoms with Crippen LogP contribution >= 0.6 is 0 Å². The topological polar surface area (TPSA) is 79.5 Å². The average molecular weight is 351 g/mol. The summed E-state index contributed by atoms with van der Waals surface area (Å²) in [5.74, 6) is 6.29. The Morgan fingerprint density at radius 3 is 2.50 bits per heavy atom. The van der Waals surface area contributed by atoms with Gasteiger partial charge in [0.05, 0.1) is 18.7 Å². The fourth-order valence-corrected chi connectivity index (χ4v) is 2.17. The van der Waals surface area contributed by atoms with Gasteiger partial charge in [-0.15, -0.1) is 0 Å². The lowest BCUT2D eigenvalue weighted by Crippen LogP contribution is -2.28. The quantitative estimate of drug-likeness (QED) is 0.725. The van der Waals surface area contributed by atoms with Gasteiger partial charge < -0.3 is 20.7 Å². The molecule has 0 fully saturated rings. The minimum absolute atomic E-state index is 0.158. The lowest BCUT2D eigenvalue weighted by Gasteiger charge is -2.07. The van der Waals surface area contributed by atoms with Gasteiger partial charge in [0.15, 0.2) is 0 Å². The molecule has 0 radical (unpaired) electrons. The summed E-state index contributed by atoms with van der Waals surface area (Å²) in [5.41, 5.74) is 1.77. The fraction of sp³-hybridized carbons (Fsp3) is 0.200. The molecular formula is C20H21N3O3. The van der Waals surface area contributed by atoms with Gasteiger partial charge in [-0.3, -0.25) is 4.79 Å². The number of carbonyl (C=O) groups is 2. The van der Waals surface area contributed by atoms with Crippen LogP contribution in [-0.4, -0.2) is 32.1 Å². The molecule has 0 aromatic heterocycles. The molecule has 3 N–H and O–H groups in total. The smallest absolute Gasteiger partial charge is 0.319 e. The normalized spacial score (nSPS) is 9.46. The Morgan fingerprint density at radius 1 is 1.08 bits per heavy atom. The molecular weight excluding hydrogens is 330 g/mol. The standard InChI is InChI=1S/C20H21N3O3/c1-3-26-17-12-10-16(11-13-17)23-20(25)22-14-6-8-15-7-4-5-9-18(15)19(24)21-2/h4-5,7,9-13H,3,14H2,1-2H3,(H,21,24)(H2,22,23,25). The van der Waals surface area contributed by atoms with Crippen LogP contribution in [0.1, 0.15) is 22.8 Å². The van der Waals surface area contributed by atoms with Gasteiger partial charge in [0.25, 0.3) is 5.91 Å². The summed E-state index contributed by atoms with van der Waals surface area (Å²) < 4.78 is 5.35. The molecule has 0 heterocycles. The van der Waals surface area contributed by atoms with Gasteiger partial charge in [-0.25, -0.2) is 4.79 Å². The summed E-state index contributed by atoms with van der Waals surface area (Å²) in [7, 11) is 1.57. The SMILES string of the molecule is CCOc1ccc(NC(=O)NCC#Cc2ccccc2C(=O)NC)cc1. The Kier molecular flexibility index (Phi) is 7.07. The Bertz CT molecular complexity index is 820. The molecule has 2 rings (SSSR count). The summed E-state index contributed by atoms with van der Waals surface area (Å²) in [6, 6.07) is 13.8. The van der Waals surface area contributed by atoms with Crippen molar-refractivity contribution >= 4 is 17.6 Å². The van der Waals surface area contributed by atoms with Crippen LogP contribution in [0.5, 0.6) is 5.75 Å². The number of ether oxygens (including phenoxy) is 1. The van der Waals surface area contributed by atoms with Crippen molar-refractivity contribution in [1.82, 2.24) is 10.6 Å². The lowest BCUT2D eigenvalue weighted by atomic mass is 10.1. The molecule has 0 saturated carbocycles. The van der Waals surface area contributed by atoms with Crippen molar-refractivity contribution in [3.63, 3.8) is 0 Å². The fourth-order valence-electron chi connectivity index (χ4n) is 2.17. The number of hydrogen-bond acceptors (Lipinski definition) is 3. The molecule has 0 atom stereocenters. The van der Waals surface area contributed by atoms with Crippen LogP contribution in [0.15, 0.2) is 48.5 Å². The number of carbonyl (C=O) groups excluding carboxylic acids is 2. The molecule has 0 bridgehead atoms. The number of benzene rings is 2. The maximum absolute atomic E-state index is 11.9. The van der Waals surface area contributed by atoms with E-state index in [9.17, 15) is 9.59 Å². The Labute approximate surface area is 152 Å². The number of rotatable bonds is 5. The van der Waals surface area contributed by atoms with Gasteiger partial charge in [-0.2, -0.15) is 0 Å². The molecule has 0 saturated heterocycles. The van der Waals surface area contributed by atoms with E-state index in [1.807, 2.05) is 13.0 Å². The van der Waals surface area contributed by atoms with Crippen molar-refractivity contribution in [2.24, 2.45) is 0 Å². The first-order chi connectivity index (χ1) is 12.6. The molecule has 6 nitrogen and oxygen atoms in total. The van der Waals surface area contributed by atoms with E-state index in [0.29, 0.717) is 23.4 Å². The second-order valence-electron chi connectivity index (χ2n) is 5.19. The minimum atomic E-state index is -0.358. The van der Waals surface area contributed by atoms with E-state index in [4.69, 9.17) is 4.74 Å². The first-order valence-corrected chi connectivity index (χ1v) is 8.21. The molecule has 0 aliphatic carbocycles. The van der Waals surface area contributed by atoms with Crippen molar-refractivity contribution in [2.45, 2.75) is 6.92 Å². The second kappa shape index (κ2) is 9.74. The molecule has 134 valence electrons. The molecule has 0 unspecified atom stereocenters. The number of amides is 3. The van der Waals surface area contributed by atoms with E-state index in [1.54, 1.807) is 49.5 Å². The van der Waals surface area contributed by atoms with E-state index < -0.39 is 0 Å². The van der Waals surface area contributed by atoms with E-state index in [-0.39, 0.29) is 18.5 Å². The summed E-state index contributed by atoms with van der Waals surface area (Å²) in [6.07, 6.45) is 0. The van der Waals surface area contributed by atoms with Crippen molar-refractivity contribution in [1.29, 1.82) is 0 Å². The first-order valence-electron chi connectivity index (χ1n) is 8.21. The maximum Gasteiger partial charge on any atom is 0.319 e. The van der Waals surface area contributed by atoms with Gasteiger partial charge >= 0.3 is 6.03 Å². The highest BCUT2D eigenvalue weighted by Gasteiger charge is 2.06. The van der Waals surface area contributed by atoms with Crippen LogP contribution in [0.25, 0.3) is 0 Å². The van der Waals surface area contributed by atoms with Crippen LogP contribution in [0, 0.1) is 11.8 Å². The van der Waals surface area contributed by atoms with Crippen LogP contribution in [-0.2, 0) is 0 Å². The predicted molar refractivity (Wildman–Crippen MR) is 101 cm³/mol.